The van der Waals surface area contributed by atoms with Crippen molar-refractivity contribution in [3.8, 4) is 23.0 Å². The first-order chi connectivity index (χ1) is 10.4. The highest BCUT2D eigenvalue weighted by atomic mass is 16.3. The van der Waals surface area contributed by atoms with Crippen molar-refractivity contribution in [2.75, 3.05) is 0 Å². The molecular formula is C19H26O4. The second-order valence-corrected chi connectivity index (χ2v) is 6.83. The van der Waals surface area contributed by atoms with Crippen LogP contribution in [0.1, 0.15) is 43.0 Å². The average molecular weight is 318 g/mol. The molecule has 0 saturated carbocycles. The number of hydrogen-bond acceptors (Lipinski definition) is 4. The Morgan fingerprint density at radius 1 is 0.652 bits per heavy atom. The van der Waals surface area contributed by atoms with Crippen molar-refractivity contribution in [1.29, 1.82) is 0 Å². The van der Waals surface area contributed by atoms with E-state index >= 15 is 0 Å². The van der Waals surface area contributed by atoms with Gasteiger partial charge in [0.15, 0.2) is 0 Å². The second kappa shape index (κ2) is 6.82. The topological polar surface area (TPSA) is 80.9 Å². The van der Waals surface area contributed by atoms with Gasteiger partial charge in [0.1, 0.15) is 23.0 Å². The summed E-state index contributed by atoms with van der Waals surface area (Å²) < 4.78 is 0. The molecule has 0 atom stereocenters. The van der Waals surface area contributed by atoms with Gasteiger partial charge in [0.2, 0.25) is 0 Å². The van der Waals surface area contributed by atoms with Crippen LogP contribution in [-0.2, 0) is 5.41 Å². The van der Waals surface area contributed by atoms with E-state index in [1.165, 1.54) is 12.1 Å². The van der Waals surface area contributed by atoms with Crippen LogP contribution < -0.4 is 0 Å². The van der Waals surface area contributed by atoms with Gasteiger partial charge in [-0.15, -0.1) is 0 Å². The van der Waals surface area contributed by atoms with Crippen LogP contribution in [0.5, 0.6) is 23.0 Å². The van der Waals surface area contributed by atoms with Gasteiger partial charge in [-0.3, -0.25) is 0 Å². The smallest absolute Gasteiger partial charge is 0.121 e. The van der Waals surface area contributed by atoms with Gasteiger partial charge < -0.3 is 20.4 Å². The van der Waals surface area contributed by atoms with E-state index in [2.05, 4.69) is 0 Å². The molecule has 0 bridgehead atoms. The molecule has 2 rings (SSSR count). The summed E-state index contributed by atoms with van der Waals surface area (Å²) in [4.78, 5) is 0. The third kappa shape index (κ3) is 4.81. The Balaban J connectivity index is 0.000000238. The number of aromatic hydroxyl groups is 4. The Hall–Kier alpha value is -2.36. The molecule has 0 spiro atoms. The molecule has 0 fully saturated rings. The highest BCUT2D eigenvalue weighted by Gasteiger charge is 2.19. The lowest BCUT2D eigenvalue weighted by molar-refractivity contribution is 0.433. The highest BCUT2D eigenvalue weighted by molar-refractivity contribution is 5.47. The first-order valence-electron chi connectivity index (χ1n) is 7.45. The number of hydrogen-bond donors (Lipinski definition) is 4. The van der Waals surface area contributed by atoms with Gasteiger partial charge in [0.05, 0.1) is 0 Å². The maximum absolute atomic E-state index is 9.64. The number of rotatable bonds is 0. The van der Waals surface area contributed by atoms with E-state index in [-0.39, 0.29) is 28.4 Å². The summed E-state index contributed by atoms with van der Waals surface area (Å²) in [6.07, 6.45) is 0. The van der Waals surface area contributed by atoms with Crippen molar-refractivity contribution in [3.05, 3.63) is 46.5 Å². The summed E-state index contributed by atoms with van der Waals surface area (Å²) in [6, 6.07) is 6.28. The second-order valence-electron chi connectivity index (χ2n) is 6.83. The predicted molar refractivity (Wildman–Crippen MR) is 92.5 cm³/mol. The highest BCUT2D eigenvalue weighted by Crippen LogP contribution is 2.35. The van der Waals surface area contributed by atoms with Crippen molar-refractivity contribution >= 4 is 0 Å². The summed E-state index contributed by atoms with van der Waals surface area (Å²) >= 11 is 0. The molecule has 0 aliphatic carbocycles. The minimum atomic E-state index is -0.144. The Morgan fingerprint density at radius 2 is 1.13 bits per heavy atom. The molecule has 126 valence electrons. The molecule has 0 unspecified atom stereocenters. The fraction of sp³-hybridized carbons (Fsp3) is 0.368. The fourth-order valence-electron chi connectivity index (χ4n) is 2.22. The average Bonchev–Trinajstić information content (AvgIpc) is 2.39. The van der Waals surface area contributed by atoms with Crippen LogP contribution in [0.4, 0.5) is 0 Å². The van der Waals surface area contributed by atoms with Crippen LogP contribution >= 0.6 is 0 Å². The van der Waals surface area contributed by atoms with E-state index in [1.807, 2.05) is 20.8 Å². The molecule has 2 aromatic rings. The molecule has 0 aliphatic heterocycles. The molecule has 2 aromatic carbocycles. The molecular weight excluding hydrogens is 292 g/mol. The summed E-state index contributed by atoms with van der Waals surface area (Å²) in [6.45, 7) is 11.3. The predicted octanol–water partition coefficient (Wildman–Crippen LogP) is 4.42. The molecule has 0 saturated heterocycles. The maximum Gasteiger partial charge on any atom is 0.121 e. The Morgan fingerprint density at radius 3 is 1.57 bits per heavy atom. The van der Waals surface area contributed by atoms with E-state index in [1.54, 1.807) is 32.9 Å². The van der Waals surface area contributed by atoms with Crippen LogP contribution in [0.25, 0.3) is 0 Å². The van der Waals surface area contributed by atoms with Crippen LogP contribution in [0.2, 0.25) is 0 Å². The first-order valence-corrected chi connectivity index (χ1v) is 7.45. The van der Waals surface area contributed by atoms with Crippen LogP contribution in [0, 0.1) is 20.8 Å². The Bertz CT molecular complexity index is 674. The zero-order chi connectivity index (χ0) is 17.9. The van der Waals surface area contributed by atoms with Crippen molar-refractivity contribution in [2.24, 2.45) is 0 Å². The number of phenols is 4. The quantitative estimate of drug-likeness (QED) is 0.542. The molecule has 0 aromatic heterocycles. The normalized spacial score (nSPS) is 10.9. The molecule has 4 nitrogen and oxygen atoms in total. The van der Waals surface area contributed by atoms with Gasteiger partial charge in [-0.1, -0.05) is 20.8 Å². The molecule has 4 N–H and O–H groups in total. The van der Waals surface area contributed by atoms with Gasteiger partial charge >= 0.3 is 0 Å². The Labute approximate surface area is 137 Å². The fourth-order valence-corrected chi connectivity index (χ4v) is 2.22. The molecule has 0 aliphatic rings. The van der Waals surface area contributed by atoms with Crippen molar-refractivity contribution in [1.82, 2.24) is 0 Å². The maximum atomic E-state index is 9.64. The van der Waals surface area contributed by atoms with Crippen molar-refractivity contribution in [3.63, 3.8) is 0 Å². The number of phenolic OH excluding ortho intramolecular Hbond substituents is 4. The monoisotopic (exact) mass is 318 g/mol. The van der Waals surface area contributed by atoms with Crippen LogP contribution in [-0.4, -0.2) is 20.4 Å². The minimum absolute atomic E-state index is 0.144. The Kier molecular flexibility index (Phi) is 5.54. The number of aryl methyl sites for hydroxylation is 3. The first kappa shape index (κ1) is 18.7. The molecule has 0 radical (unpaired) electrons. The van der Waals surface area contributed by atoms with E-state index in [4.69, 9.17) is 5.11 Å². The summed E-state index contributed by atoms with van der Waals surface area (Å²) in [5, 5.41) is 37.3. The van der Waals surface area contributed by atoms with Crippen molar-refractivity contribution in [2.45, 2.75) is 47.0 Å². The van der Waals surface area contributed by atoms with Gasteiger partial charge in [-0.05, 0) is 67.1 Å². The van der Waals surface area contributed by atoms with Crippen LogP contribution in [0.15, 0.2) is 24.3 Å². The third-order valence-electron chi connectivity index (χ3n) is 3.60. The van der Waals surface area contributed by atoms with Gasteiger partial charge in [-0.25, -0.2) is 0 Å². The summed E-state index contributed by atoms with van der Waals surface area (Å²) in [5.74, 6) is 0.955. The summed E-state index contributed by atoms with van der Waals surface area (Å²) in [5.41, 5.74) is 2.74. The zero-order valence-corrected chi connectivity index (χ0v) is 14.6. The lowest BCUT2D eigenvalue weighted by Gasteiger charge is -2.21. The number of benzene rings is 2. The van der Waals surface area contributed by atoms with Crippen LogP contribution in [0.3, 0.4) is 0 Å². The lowest BCUT2D eigenvalue weighted by Crippen LogP contribution is -2.11. The van der Waals surface area contributed by atoms with Gasteiger partial charge in [0.25, 0.3) is 0 Å². The van der Waals surface area contributed by atoms with E-state index < -0.39 is 0 Å². The minimum Gasteiger partial charge on any atom is -0.508 e. The standard InChI is InChI=1S/C11H16O2.C8H10O2/c1-7-5-10(13)8(6-9(7)12)11(2,3)4;1-5-3-7(9)4-6(2)8(5)10/h5-6,12-13H,1-4H3;3-4,9-10H,1-2H3. The molecule has 23 heavy (non-hydrogen) atoms. The zero-order valence-electron chi connectivity index (χ0n) is 14.6. The molecule has 4 heteroatoms. The lowest BCUT2D eigenvalue weighted by atomic mass is 9.85. The molecule has 0 heterocycles. The van der Waals surface area contributed by atoms with E-state index in [9.17, 15) is 15.3 Å². The summed E-state index contributed by atoms with van der Waals surface area (Å²) in [7, 11) is 0. The van der Waals surface area contributed by atoms with Gasteiger partial charge in [0, 0.05) is 5.56 Å². The van der Waals surface area contributed by atoms with E-state index in [0.29, 0.717) is 16.7 Å². The SMILES string of the molecule is Cc1cc(O)c(C(C)(C)C)cc1O.Cc1cc(O)cc(C)c1O. The van der Waals surface area contributed by atoms with Gasteiger partial charge in [-0.2, -0.15) is 0 Å². The molecule has 0 amide bonds. The van der Waals surface area contributed by atoms with E-state index in [0.717, 1.165) is 5.56 Å². The third-order valence-corrected chi connectivity index (χ3v) is 3.60. The largest absolute Gasteiger partial charge is 0.508 e. The van der Waals surface area contributed by atoms with Crippen molar-refractivity contribution < 1.29 is 20.4 Å².